The summed E-state index contributed by atoms with van der Waals surface area (Å²) in [5.41, 5.74) is 0.961. The van der Waals surface area contributed by atoms with E-state index in [4.69, 9.17) is 9.15 Å². The van der Waals surface area contributed by atoms with Gasteiger partial charge in [0.25, 0.3) is 0 Å². The molecule has 0 radical (unpaired) electrons. The highest BCUT2D eigenvalue weighted by Gasteiger charge is 2.05. The van der Waals surface area contributed by atoms with Crippen LogP contribution in [0.2, 0.25) is 0 Å². The van der Waals surface area contributed by atoms with Gasteiger partial charge in [0.2, 0.25) is 5.91 Å². The molecule has 1 amide bonds. The van der Waals surface area contributed by atoms with E-state index in [9.17, 15) is 4.79 Å². The Balaban J connectivity index is 1.73. The van der Waals surface area contributed by atoms with Crippen LogP contribution in [0.15, 0.2) is 34.9 Å². The summed E-state index contributed by atoms with van der Waals surface area (Å²) in [5, 5.41) is 2.86. The van der Waals surface area contributed by atoms with Gasteiger partial charge in [-0.05, 0) is 31.5 Å². The zero-order valence-electron chi connectivity index (χ0n) is 12.4. The normalized spacial score (nSPS) is 10.4. The van der Waals surface area contributed by atoms with Crippen molar-refractivity contribution in [3.63, 3.8) is 0 Å². The predicted octanol–water partition coefficient (Wildman–Crippen LogP) is 2.28. The van der Waals surface area contributed by atoms with Crippen molar-refractivity contribution < 1.29 is 13.9 Å². The minimum absolute atomic E-state index is 0.0116. The summed E-state index contributed by atoms with van der Waals surface area (Å²) in [6, 6.07) is 7.56. The van der Waals surface area contributed by atoms with Crippen molar-refractivity contribution in [1.82, 2.24) is 10.3 Å². The van der Waals surface area contributed by atoms with Crippen LogP contribution in [0.5, 0.6) is 5.75 Å². The van der Waals surface area contributed by atoms with E-state index < -0.39 is 0 Å². The fourth-order valence-corrected chi connectivity index (χ4v) is 1.94. The monoisotopic (exact) mass is 288 g/mol. The molecule has 0 bridgehead atoms. The summed E-state index contributed by atoms with van der Waals surface area (Å²) in [6.07, 6.45) is 2.64. The molecule has 0 unspecified atom stereocenters. The summed E-state index contributed by atoms with van der Waals surface area (Å²) >= 11 is 0. The van der Waals surface area contributed by atoms with Crippen molar-refractivity contribution in [2.75, 3.05) is 13.2 Å². The predicted molar refractivity (Wildman–Crippen MR) is 79.3 cm³/mol. The lowest BCUT2D eigenvalue weighted by molar-refractivity contribution is -0.120. The van der Waals surface area contributed by atoms with E-state index in [-0.39, 0.29) is 5.91 Å². The maximum absolute atomic E-state index is 11.8. The second-order valence-electron chi connectivity index (χ2n) is 4.72. The zero-order chi connectivity index (χ0) is 15.1. The summed E-state index contributed by atoms with van der Waals surface area (Å²) in [6.45, 7) is 4.95. The molecule has 0 aliphatic rings. The van der Waals surface area contributed by atoms with E-state index in [1.807, 2.05) is 38.1 Å². The summed E-state index contributed by atoms with van der Waals surface area (Å²) < 4.78 is 10.7. The highest BCUT2D eigenvalue weighted by Crippen LogP contribution is 2.12. The third kappa shape index (κ3) is 4.95. The molecule has 2 aromatic rings. The van der Waals surface area contributed by atoms with Crippen LogP contribution in [-0.4, -0.2) is 24.0 Å². The smallest absolute Gasteiger partial charge is 0.224 e. The van der Waals surface area contributed by atoms with Gasteiger partial charge in [-0.25, -0.2) is 4.98 Å². The summed E-state index contributed by atoms with van der Waals surface area (Å²) in [7, 11) is 0. The Morgan fingerprint density at radius 2 is 2.10 bits per heavy atom. The van der Waals surface area contributed by atoms with E-state index in [1.54, 1.807) is 6.20 Å². The standard InChI is InChI=1S/C16H20N2O3/c1-3-20-14-6-4-13(5-7-14)10-15(19)17-9-8-16-18-11-12(2)21-16/h4-7,11H,3,8-10H2,1-2H3,(H,17,19). The molecule has 1 heterocycles. The second kappa shape index (κ2) is 7.47. The van der Waals surface area contributed by atoms with Crippen molar-refractivity contribution in [1.29, 1.82) is 0 Å². The van der Waals surface area contributed by atoms with E-state index in [1.165, 1.54) is 0 Å². The first-order chi connectivity index (χ1) is 10.2. The number of nitrogens with one attached hydrogen (secondary N) is 1. The molecule has 0 saturated carbocycles. The van der Waals surface area contributed by atoms with Gasteiger partial charge in [-0.15, -0.1) is 0 Å². The van der Waals surface area contributed by atoms with Gasteiger partial charge in [0, 0.05) is 13.0 Å². The van der Waals surface area contributed by atoms with Gasteiger partial charge in [0.15, 0.2) is 5.89 Å². The summed E-state index contributed by atoms with van der Waals surface area (Å²) in [5.74, 6) is 2.24. The number of aryl methyl sites for hydroxylation is 1. The Morgan fingerprint density at radius 1 is 1.33 bits per heavy atom. The molecule has 0 aliphatic carbocycles. The number of nitrogens with zero attached hydrogens (tertiary/aromatic N) is 1. The molecule has 1 aromatic heterocycles. The number of amides is 1. The maximum Gasteiger partial charge on any atom is 0.224 e. The van der Waals surface area contributed by atoms with Gasteiger partial charge >= 0.3 is 0 Å². The molecule has 0 saturated heterocycles. The van der Waals surface area contributed by atoms with E-state index in [2.05, 4.69) is 10.3 Å². The molecule has 5 heteroatoms. The van der Waals surface area contributed by atoms with Crippen molar-refractivity contribution in [3.8, 4) is 5.75 Å². The lowest BCUT2D eigenvalue weighted by Crippen LogP contribution is -2.27. The van der Waals surface area contributed by atoms with Gasteiger partial charge in [0.1, 0.15) is 11.5 Å². The van der Waals surface area contributed by atoms with Crippen LogP contribution in [0.1, 0.15) is 24.1 Å². The molecular formula is C16H20N2O3. The number of aromatic nitrogens is 1. The molecule has 5 nitrogen and oxygen atoms in total. The molecule has 0 atom stereocenters. The minimum Gasteiger partial charge on any atom is -0.494 e. The van der Waals surface area contributed by atoms with Crippen molar-refractivity contribution >= 4 is 5.91 Å². The van der Waals surface area contributed by atoms with Crippen LogP contribution in [0, 0.1) is 6.92 Å². The molecule has 112 valence electrons. The lowest BCUT2D eigenvalue weighted by Gasteiger charge is -2.06. The van der Waals surface area contributed by atoms with Crippen LogP contribution in [0.25, 0.3) is 0 Å². The Labute approximate surface area is 124 Å². The van der Waals surface area contributed by atoms with Crippen LogP contribution in [0.4, 0.5) is 0 Å². The van der Waals surface area contributed by atoms with Crippen LogP contribution in [0.3, 0.4) is 0 Å². The highest BCUT2D eigenvalue weighted by molar-refractivity contribution is 5.78. The van der Waals surface area contributed by atoms with Crippen LogP contribution in [-0.2, 0) is 17.6 Å². The largest absolute Gasteiger partial charge is 0.494 e. The van der Waals surface area contributed by atoms with E-state index in [0.717, 1.165) is 17.1 Å². The highest BCUT2D eigenvalue weighted by atomic mass is 16.5. The fraction of sp³-hybridized carbons (Fsp3) is 0.375. The molecule has 0 aliphatic heterocycles. The Hall–Kier alpha value is -2.30. The van der Waals surface area contributed by atoms with Crippen molar-refractivity contribution in [2.45, 2.75) is 26.7 Å². The molecule has 0 fully saturated rings. The third-order valence-corrected chi connectivity index (χ3v) is 2.93. The van der Waals surface area contributed by atoms with Crippen molar-refractivity contribution in [3.05, 3.63) is 47.7 Å². The van der Waals surface area contributed by atoms with Crippen molar-refractivity contribution in [2.24, 2.45) is 0 Å². The molecule has 1 aromatic carbocycles. The molecule has 0 spiro atoms. The van der Waals surface area contributed by atoms with Crippen LogP contribution < -0.4 is 10.1 Å². The second-order valence-corrected chi connectivity index (χ2v) is 4.72. The number of carbonyl (C=O) groups excluding carboxylic acids is 1. The number of oxazole rings is 1. The first kappa shape index (κ1) is 15.1. The van der Waals surface area contributed by atoms with E-state index in [0.29, 0.717) is 31.9 Å². The van der Waals surface area contributed by atoms with Gasteiger partial charge in [0.05, 0.1) is 19.2 Å². The topological polar surface area (TPSA) is 64.4 Å². The van der Waals surface area contributed by atoms with Gasteiger partial charge in [-0.1, -0.05) is 12.1 Å². The van der Waals surface area contributed by atoms with Crippen LogP contribution >= 0.6 is 0 Å². The average Bonchev–Trinajstić information content (AvgIpc) is 2.87. The lowest BCUT2D eigenvalue weighted by atomic mass is 10.1. The van der Waals surface area contributed by atoms with E-state index >= 15 is 0 Å². The maximum atomic E-state index is 11.8. The molecular weight excluding hydrogens is 268 g/mol. The Kier molecular flexibility index (Phi) is 5.37. The zero-order valence-corrected chi connectivity index (χ0v) is 12.4. The summed E-state index contributed by atoms with van der Waals surface area (Å²) in [4.78, 5) is 15.9. The first-order valence-corrected chi connectivity index (χ1v) is 7.07. The number of carbonyl (C=O) groups is 1. The van der Waals surface area contributed by atoms with Gasteiger partial charge in [-0.2, -0.15) is 0 Å². The number of benzene rings is 1. The first-order valence-electron chi connectivity index (χ1n) is 7.07. The number of rotatable bonds is 7. The molecule has 21 heavy (non-hydrogen) atoms. The Morgan fingerprint density at radius 3 is 2.71 bits per heavy atom. The minimum atomic E-state index is -0.0116. The number of hydrogen-bond acceptors (Lipinski definition) is 4. The van der Waals surface area contributed by atoms with Gasteiger partial charge < -0.3 is 14.5 Å². The molecule has 1 N–H and O–H groups in total. The number of hydrogen-bond donors (Lipinski definition) is 1. The SMILES string of the molecule is CCOc1ccc(CC(=O)NCCc2ncc(C)o2)cc1. The third-order valence-electron chi connectivity index (χ3n) is 2.93. The quantitative estimate of drug-likeness (QED) is 0.849. The average molecular weight is 288 g/mol. The molecule has 2 rings (SSSR count). The fourth-order valence-electron chi connectivity index (χ4n) is 1.94. The number of ether oxygens (including phenoxy) is 1. The van der Waals surface area contributed by atoms with Gasteiger partial charge in [-0.3, -0.25) is 4.79 Å². The Bertz CT molecular complexity index is 575.